The summed E-state index contributed by atoms with van der Waals surface area (Å²) in [5, 5.41) is 0. The normalized spacial score (nSPS) is 12.2. The molecule has 5 heteroatoms. The molecule has 2 rings (SSSR count). The number of hydrogen-bond donors (Lipinski definition) is 1. The SMILES string of the molecule is CCCOc1ccc(C(N)c2c(F)cc(F)cc2F)cc1. The zero-order chi connectivity index (χ0) is 15.4. The number of ether oxygens (including phenoxy) is 1. The van der Waals surface area contributed by atoms with Crippen molar-refractivity contribution in [2.75, 3.05) is 6.61 Å². The first-order chi connectivity index (χ1) is 10.0. The Balaban J connectivity index is 2.26. The number of rotatable bonds is 5. The molecule has 2 aromatic rings. The van der Waals surface area contributed by atoms with Gasteiger partial charge in [0, 0.05) is 17.7 Å². The second-order valence-electron chi connectivity index (χ2n) is 4.68. The Hall–Kier alpha value is -2.01. The van der Waals surface area contributed by atoms with E-state index >= 15 is 0 Å². The molecular formula is C16H16F3NO. The molecule has 21 heavy (non-hydrogen) atoms. The standard InChI is InChI=1S/C16H16F3NO/c1-2-7-21-12-5-3-10(4-6-12)16(20)15-13(18)8-11(17)9-14(15)19/h3-6,8-9,16H,2,7,20H2,1H3. The Morgan fingerprint density at radius 1 is 1.05 bits per heavy atom. The average Bonchev–Trinajstić information content (AvgIpc) is 2.44. The lowest BCUT2D eigenvalue weighted by Crippen LogP contribution is -2.16. The summed E-state index contributed by atoms with van der Waals surface area (Å²) in [7, 11) is 0. The summed E-state index contributed by atoms with van der Waals surface area (Å²) in [5.41, 5.74) is 6.04. The van der Waals surface area contributed by atoms with Gasteiger partial charge in [0.1, 0.15) is 23.2 Å². The van der Waals surface area contributed by atoms with Crippen molar-refractivity contribution in [2.24, 2.45) is 5.73 Å². The topological polar surface area (TPSA) is 35.2 Å². The minimum absolute atomic E-state index is 0.348. The molecule has 0 aromatic heterocycles. The van der Waals surface area contributed by atoms with Crippen LogP contribution in [0.4, 0.5) is 13.2 Å². The molecule has 2 nitrogen and oxygen atoms in total. The third kappa shape index (κ3) is 3.55. The van der Waals surface area contributed by atoms with Crippen LogP contribution in [0.3, 0.4) is 0 Å². The molecule has 0 fully saturated rings. The predicted molar refractivity (Wildman–Crippen MR) is 74.6 cm³/mol. The molecule has 0 radical (unpaired) electrons. The lowest BCUT2D eigenvalue weighted by atomic mass is 9.98. The van der Waals surface area contributed by atoms with Crippen LogP contribution in [-0.4, -0.2) is 6.61 Å². The Kier molecular flexibility index (Phi) is 4.85. The maximum Gasteiger partial charge on any atom is 0.134 e. The molecule has 112 valence electrons. The van der Waals surface area contributed by atoms with Crippen LogP contribution in [0, 0.1) is 17.5 Å². The molecule has 0 spiro atoms. The number of halogens is 3. The van der Waals surface area contributed by atoms with Crippen LogP contribution >= 0.6 is 0 Å². The molecular weight excluding hydrogens is 279 g/mol. The molecule has 0 aliphatic rings. The highest BCUT2D eigenvalue weighted by atomic mass is 19.1. The van der Waals surface area contributed by atoms with Crippen molar-refractivity contribution in [1.29, 1.82) is 0 Å². The Bertz CT molecular complexity index is 590. The molecule has 2 aromatic carbocycles. The van der Waals surface area contributed by atoms with Gasteiger partial charge in [-0.1, -0.05) is 19.1 Å². The molecule has 0 heterocycles. The highest BCUT2D eigenvalue weighted by molar-refractivity contribution is 5.36. The van der Waals surface area contributed by atoms with E-state index in [0.717, 1.165) is 6.42 Å². The molecule has 2 N–H and O–H groups in total. The fourth-order valence-corrected chi connectivity index (χ4v) is 2.01. The van der Waals surface area contributed by atoms with E-state index in [1.54, 1.807) is 24.3 Å². The molecule has 0 aliphatic carbocycles. The third-order valence-electron chi connectivity index (χ3n) is 3.07. The van der Waals surface area contributed by atoms with E-state index < -0.39 is 23.5 Å². The molecule has 1 unspecified atom stereocenters. The van der Waals surface area contributed by atoms with Gasteiger partial charge in [0.25, 0.3) is 0 Å². The van der Waals surface area contributed by atoms with Crippen molar-refractivity contribution in [3.63, 3.8) is 0 Å². The monoisotopic (exact) mass is 295 g/mol. The van der Waals surface area contributed by atoms with Crippen molar-refractivity contribution >= 4 is 0 Å². The van der Waals surface area contributed by atoms with Gasteiger partial charge in [0.05, 0.1) is 12.6 Å². The number of nitrogens with two attached hydrogens (primary N) is 1. The smallest absolute Gasteiger partial charge is 0.134 e. The van der Waals surface area contributed by atoms with Gasteiger partial charge in [-0.25, -0.2) is 13.2 Å². The summed E-state index contributed by atoms with van der Waals surface area (Å²) in [4.78, 5) is 0. The Morgan fingerprint density at radius 2 is 1.62 bits per heavy atom. The summed E-state index contributed by atoms with van der Waals surface area (Å²) in [6.07, 6.45) is 0.882. The zero-order valence-electron chi connectivity index (χ0n) is 11.6. The molecule has 0 saturated carbocycles. The fraction of sp³-hybridized carbons (Fsp3) is 0.250. The van der Waals surface area contributed by atoms with E-state index in [1.807, 2.05) is 6.92 Å². The third-order valence-corrected chi connectivity index (χ3v) is 3.07. The van der Waals surface area contributed by atoms with Gasteiger partial charge in [-0.05, 0) is 24.1 Å². The second-order valence-corrected chi connectivity index (χ2v) is 4.68. The summed E-state index contributed by atoms with van der Waals surface area (Å²) in [6, 6.07) is 6.88. The maximum atomic E-state index is 13.7. The van der Waals surface area contributed by atoms with Crippen LogP contribution in [0.15, 0.2) is 36.4 Å². The van der Waals surface area contributed by atoms with Crippen LogP contribution < -0.4 is 10.5 Å². The predicted octanol–water partition coefficient (Wildman–Crippen LogP) is 3.94. The van der Waals surface area contributed by atoms with Crippen LogP contribution in [0.5, 0.6) is 5.75 Å². The van der Waals surface area contributed by atoms with Crippen LogP contribution in [-0.2, 0) is 0 Å². The minimum Gasteiger partial charge on any atom is -0.494 e. The first-order valence-electron chi connectivity index (χ1n) is 6.65. The molecule has 0 bridgehead atoms. The quantitative estimate of drug-likeness (QED) is 0.906. The number of benzene rings is 2. The Labute approximate surface area is 121 Å². The molecule has 0 aliphatic heterocycles. The fourth-order valence-electron chi connectivity index (χ4n) is 2.01. The van der Waals surface area contributed by atoms with Gasteiger partial charge in [-0.2, -0.15) is 0 Å². The minimum atomic E-state index is -1.01. The van der Waals surface area contributed by atoms with Crippen molar-refractivity contribution in [3.8, 4) is 5.75 Å². The summed E-state index contributed by atoms with van der Waals surface area (Å²) in [5.74, 6) is -2.30. The van der Waals surface area contributed by atoms with Crippen LogP contribution in [0.2, 0.25) is 0 Å². The zero-order valence-corrected chi connectivity index (χ0v) is 11.6. The van der Waals surface area contributed by atoms with Crippen LogP contribution in [0.1, 0.15) is 30.5 Å². The van der Waals surface area contributed by atoms with Gasteiger partial charge >= 0.3 is 0 Å². The maximum absolute atomic E-state index is 13.7. The molecule has 1 atom stereocenters. The first-order valence-corrected chi connectivity index (χ1v) is 6.65. The average molecular weight is 295 g/mol. The van der Waals surface area contributed by atoms with E-state index in [4.69, 9.17) is 10.5 Å². The van der Waals surface area contributed by atoms with E-state index in [-0.39, 0.29) is 5.56 Å². The highest BCUT2D eigenvalue weighted by Gasteiger charge is 2.19. The first kappa shape index (κ1) is 15.4. The van der Waals surface area contributed by atoms with E-state index in [2.05, 4.69) is 0 Å². The molecule has 0 amide bonds. The van der Waals surface area contributed by atoms with Crippen molar-refractivity contribution in [1.82, 2.24) is 0 Å². The largest absolute Gasteiger partial charge is 0.494 e. The van der Waals surface area contributed by atoms with Gasteiger partial charge in [0.15, 0.2) is 0 Å². The van der Waals surface area contributed by atoms with Gasteiger partial charge in [-0.3, -0.25) is 0 Å². The second kappa shape index (κ2) is 6.63. The highest BCUT2D eigenvalue weighted by Crippen LogP contribution is 2.27. The van der Waals surface area contributed by atoms with Gasteiger partial charge in [0.2, 0.25) is 0 Å². The van der Waals surface area contributed by atoms with E-state index in [0.29, 0.717) is 30.1 Å². The van der Waals surface area contributed by atoms with E-state index in [9.17, 15) is 13.2 Å². The summed E-state index contributed by atoms with van der Waals surface area (Å²) < 4.78 is 45.7. The summed E-state index contributed by atoms with van der Waals surface area (Å²) in [6.45, 7) is 2.58. The van der Waals surface area contributed by atoms with Crippen molar-refractivity contribution in [3.05, 3.63) is 65.0 Å². The van der Waals surface area contributed by atoms with E-state index in [1.165, 1.54) is 0 Å². The lowest BCUT2D eigenvalue weighted by molar-refractivity contribution is 0.317. The van der Waals surface area contributed by atoms with Crippen LogP contribution in [0.25, 0.3) is 0 Å². The van der Waals surface area contributed by atoms with Crippen molar-refractivity contribution < 1.29 is 17.9 Å². The number of hydrogen-bond acceptors (Lipinski definition) is 2. The lowest BCUT2D eigenvalue weighted by Gasteiger charge is -2.15. The Morgan fingerprint density at radius 3 is 2.14 bits per heavy atom. The van der Waals surface area contributed by atoms with Gasteiger partial charge < -0.3 is 10.5 Å². The molecule has 0 saturated heterocycles. The summed E-state index contributed by atoms with van der Waals surface area (Å²) >= 11 is 0. The van der Waals surface area contributed by atoms with Crippen molar-refractivity contribution in [2.45, 2.75) is 19.4 Å². The van der Waals surface area contributed by atoms with Gasteiger partial charge in [-0.15, -0.1) is 0 Å².